The molecule has 0 bridgehead atoms. The fourth-order valence-corrected chi connectivity index (χ4v) is 2.87. The van der Waals surface area contributed by atoms with Gasteiger partial charge in [0.1, 0.15) is 0 Å². The van der Waals surface area contributed by atoms with Gasteiger partial charge >= 0.3 is 0 Å². The lowest BCUT2D eigenvalue weighted by Crippen LogP contribution is -2.16. The second kappa shape index (κ2) is 5.85. The van der Waals surface area contributed by atoms with Crippen LogP contribution in [0, 0.1) is 22.1 Å². The van der Waals surface area contributed by atoms with Crippen molar-refractivity contribution in [3.05, 3.63) is 66.7 Å². The van der Waals surface area contributed by atoms with Gasteiger partial charge in [-0.2, -0.15) is 0 Å². The van der Waals surface area contributed by atoms with Crippen LogP contribution in [0.1, 0.15) is 22.7 Å². The number of nitrogens with two attached hydrogens (primary N) is 1. The molecular weight excluding hydrogens is 427 g/mol. The molecule has 0 aliphatic heterocycles. The fourth-order valence-electron chi connectivity index (χ4n) is 1.82. The summed E-state index contributed by atoms with van der Waals surface area (Å²) in [5.41, 5.74) is 7.28. The van der Waals surface area contributed by atoms with Crippen molar-refractivity contribution in [1.82, 2.24) is 0 Å². The molecule has 100 valence electrons. The van der Waals surface area contributed by atoms with Crippen molar-refractivity contribution in [2.45, 2.75) is 13.0 Å². The largest absolute Gasteiger partial charge is 0.320 e. The number of benzene rings is 2. The highest BCUT2D eigenvalue weighted by Gasteiger charge is 2.19. The van der Waals surface area contributed by atoms with Gasteiger partial charge in [0.05, 0.1) is 6.04 Å². The van der Waals surface area contributed by atoms with Crippen molar-refractivity contribution in [1.29, 1.82) is 0 Å². The van der Waals surface area contributed by atoms with E-state index in [1.807, 2.05) is 18.2 Å². The van der Waals surface area contributed by atoms with Gasteiger partial charge in [-0.05, 0) is 58.8 Å². The Labute approximate surface area is 132 Å². The van der Waals surface area contributed by atoms with Crippen molar-refractivity contribution >= 4 is 38.5 Å². The first-order chi connectivity index (χ1) is 8.91. The minimum atomic E-state index is -0.872. The van der Waals surface area contributed by atoms with Gasteiger partial charge in [-0.1, -0.05) is 28.1 Å². The Kier molecular flexibility index (Phi) is 4.58. The van der Waals surface area contributed by atoms with E-state index in [4.69, 9.17) is 5.73 Å². The Morgan fingerprint density at radius 2 is 1.79 bits per heavy atom. The number of halogens is 4. The summed E-state index contributed by atoms with van der Waals surface area (Å²) in [6.07, 6.45) is 0. The molecule has 0 saturated heterocycles. The van der Waals surface area contributed by atoms with E-state index in [1.165, 1.54) is 13.0 Å². The molecule has 0 aliphatic carbocycles. The van der Waals surface area contributed by atoms with E-state index in [-0.39, 0.29) is 11.1 Å². The molecule has 0 spiro atoms. The summed E-state index contributed by atoms with van der Waals surface area (Å²) in [6, 6.07) is 7.96. The first-order valence-electron chi connectivity index (χ1n) is 5.57. The molecule has 2 aromatic rings. The zero-order valence-electron chi connectivity index (χ0n) is 10.1. The van der Waals surface area contributed by atoms with Gasteiger partial charge in [0, 0.05) is 13.6 Å². The summed E-state index contributed by atoms with van der Waals surface area (Å²) >= 11 is 5.48. The Balaban J connectivity index is 2.53. The standard InChI is InChI=1S/C14H11BrF2IN/c1-7-2-4-9(13(17)12(7)16)14(19)10-6-8(15)3-5-11(10)18/h2-6,14H,19H2,1H3. The maximum absolute atomic E-state index is 14.0. The summed E-state index contributed by atoms with van der Waals surface area (Å²) in [5, 5.41) is 0. The summed E-state index contributed by atoms with van der Waals surface area (Å²) < 4.78 is 29.3. The molecule has 2 aromatic carbocycles. The zero-order valence-corrected chi connectivity index (χ0v) is 13.8. The minimum absolute atomic E-state index is 0.166. The second-order valence-electron chi connectivity index (χ2n) is 4.24. The summed E-state index contributed by atoms with van der Waals surface area (Å²) in [5.74, 6) is -1.71. The van der Waals surface area contributed by atoms with E-state index in [9.17, 15) is 8.78 Å². The topological polar surface area (TPSA) is 26.0 Å². The van der Waals surface area contributed by atoms with Gasteiger partial charge in [-0.3, -0.25) is 0 Å². The molecule has 0 aromatic heterocycles. The molecule has 1 nitrogen and oxygen atoms in total. The van der Waals surface area contributed by atoms with Crippen molar-refractivity contribution in [3.63, 3.8) is 0 Å². The van der Waals surface area contributed by atoms with Gasteiger partial charge in [0.25, 0.3) is 0 Å². The van der Waals surface area contributed by atoms with Crippen molar-refractivity contribution in [3.8, 4) is 0 Å². The third-order valence-electron chi connectivity index (χ3n) is 2.93. The van der Waals surface area contributed by atoms with Gasteiger partial charge in [-0.15, -0.1) is 0 Å². The van der Waals surface area contributed by atoms with Gasteiger partial charge in [-0.25, -0.2) is 8.78 Å². The van der Waals surface area contributed by atoms with Crippen molar-refractivity contribution in [2.24, 2.45) is 5.73 Å². The molecular formula is C14H11BrF2IN. The quantitative estimate of drug-likeness (QED) is 0.678. The predicted molar refractivity (Wildman–Crippen MR) is 84.0 cm³/mol. The molecule has 1 atom stereocenters. The fraction of sp³-hybridized carbons (Fsp3) is 0.143. The van der Waals surface area contributed by atoms with Gasteiger partial charge in [0.15, 0.2) is 11.6 Å². The van der Waals surface area contributed by atoms with Crippen molar-refractivity contribution < 1.29 is 8.78 Å². The molecule has 2 rings (SSSR count). The molecule has 0 amide bonds. The lowest BCUT2D eigenvalue weighted by Gasteiger charge is -2.16. The maximum atomic E-state index is 14.0. The first kappa shape index (κ1) is 14.9. The molecule has 19 heavy (non-hydrogen) atoms. The minimum Gasteiger partial charge on any atom is -0.320 e. The average Bonchev–Trinajstić information content (AvgIpc) is 2.38. The zero-order chi connectivity index (χ0) is 14.2. The van der Waals surface area contributed by atoms with Crippen LogP contribution in [-0.4, -0.2) is 0 Å². The maximum Gasteiger partial charge on any atom is 0.164 e. The van der Waals surface area contributed by atoms with E-state index in [0.29, 0.717) is 0 Å². The van der Waals surface area contributed by atoms with Gasteiger partial charge < -0.3 is 5.73 Å². The Morgan fingerprint density at radius 1 is 1.11 bits per heavy atom. The molecule has 5 heteroatoms. The van der Waals surface area contributed by atoms with Crippen LogP contribution in [0.4, 0.5) is 8.78 Å². The molecule has 0 aliphatic rings. The van der Waals surface area contributed by atoms with E-state index in [0.717, 1.165) is 13.6 Å². The van der Waals surface area contributed by atoms with Crippen LogP contribution in [0.25, 0.3) is 0 Å². The average molecular weight is 438 g/mol. The Bertz CT molecular complexity index is 631. The number of rotatable bonds is 2. The van der Waals surface area contributed by atoms with E-state index in [1.54, 1.807) is 6.07 Å². The van der Waals surface area contributed by atoms with E-state index < -0.39 is 17.7 Å². The third kappa shape index (κ3) is 2.98. The number of hydrogen-bond donors (Lipinski definition) is 1. The normalized spacial score (nSPS) is 12.5. The van der Waals surface area contributed by atoms with E-state index in [2.05, 4.69) is 38.5 Å². The third-order valence-corrected chi connectivity index (χ3v) is 4.41. The second-order valence-corrected chi connectivity index (χ2v) is 6.32. The number of hydrogen-bond acceptors (Lipinski definition) is 1. The highest BCUT2D eigenvalue weighted by molar-refractivity contribution is 14.1. The van der Waals surface area contributed by atoms with Gasteiger partial charge in [0.2, 0.25) is 0 Å². The van der Waals surface area contributed by atoms with Crippen LogP contribution in [-0.2, 0) is 0 Å². The summed E-state index contributed by atoms with van der Waals surface area (Å²) in [7, 11) is 0. The molecule has 2 N–H and O–H groups in total. The van der Waals surface area contributed by atoms with Crippen LogP contribution >= 0.6 is 38.5 Å². The molecule has 0 heterocycles. The van der Waals surface area contributed by atoms with Crippen LogP contribution in [0.5, 0.6) is 0 Å². The SMILES string of the molecule is Cc1ccc(C(N)c2cc(Br)ccc2I)c(F)c1F. The lowest BCUT2D eigenvalue weighted by molar-refractivity contribution is 0.489. The molecule has 0 radical (unpaired) electrons. The predicted octanol–water partition coefficient (Wildman–Crippen LogP) is 4.69. The van der Waals surface area contributed by atoms with Crippen LogP contribution in [0.3, 0.4) is 0 Å². The molecule has 1 unspecified atom stereocenters. The smallest absolute Gasteiger partial charge is 0.164 e. The van der Waals surface area contributed by atoms with Crippen LogP contribution in [0.2, 0.25) is 0 Å². The Morgan fingerprint density at radius 3 is 2.47 bits per heavy atom. The van der Waals surface area contributed by atoms with E-state index >= 15 is 0 Å². The van der Waals surface area contributed by atoms with Crippen LogP contribution < -0.4 is 5.73 Å². The molecule has 0 fully saturated rings. The summed E-state index contributed by atoms with van der Waals surface area (Å²) in [6.45, 7) is 1.52. The lowest BCUT2D eigenvalue weighted by atomic mass is 9.98. The first-order valence-corrected chi connectivity index (χ1v) is 7.44. The van der Waals surface area contributed by atoms with Crippen molar-refractivity contribution in [2.75, 3.05) is 0 Å². The van der Waals surface area contributed by atoms with Crippen LogP contribution in [0.15, 0.2) is 34.8 Å². The number of aryl methyl sites for hydroxylation is 1. The summed E-state index contributed by atoms with van der Waals surface area (Å²) in [4.78, 5) is 0. The molecule has 0 saturated carbocycles. The highest BCUT2D eigenvalue weighted by Crippen LogP contribution is 2.29. The Hall–Kier alpha value is -0.530. The highest BCUT2D eigenvalue weighted by atomic mass is 127. The monoisotopic (exact) mass is 437 g/mol.